The molecule has 0 bridgehead atoms. The number of rotatable bonds is 4. The molecule has 3 fully saturated rings. The van der Waals surface area contributed by atoms with Crippen molar-refractivity contribution in [2.45, 2.75) is 37.8 Å². The lowest BCUT2D eigenvalue weighted by Crippen LogP contribution is -2.51. The fourth-order valence-corrected chi connectivity index (χ4v) is 4.43. The lowest BCUT2D eigenvalue weighted by molar-refractivity contribution is 0.127. The van der Waals surface area contributed by atoms with E-state index in [1.807, 2.05) is 0 Å². The molecule has 0 radical (unpaired) electrons. The summed E-state index contributed by atoms with van der Waals surface area (Å²) in [4.78, 5) is 7.91. The van der Waals surface area contributed by atoms with Crippen molar-refractivity contribution in [3.05, 3.63) is 0 Å². The summed E-state index contributed by atoms with van der Waals surface area (Å²) in [6, 6.07) is 1.58. The van der Waals surface area contributed by atoms with Crippen LogP contribution in [0.4, 0.5) is 0 Å². The van der Waals surface area contributed by atoms with E-state index in [1.54, 1.807) is 0 Å². The van der Waals surface area contributed by atoms with Gasteiger partial charge in [-0.2, -0.15) is 0 Å². The molecular weight excluding hydrogens is 248 g/mol. The van der Waals surface area contributed by atoms with Crippen LogP contribution in [-0.4, -0.2) is 86.7 Å². The van der Waals surface area contributed by atoms with E-state index in [-0.39, 0.29) is 0 Å². The molecule has 0 aliphatic carbocycles. The molecule has 0 aromatic heterocycles. The molecule has 116 valence electrons. The van der Waals surface area contributed by atoms with Gasteiger partial charge in [-0.15, -0.1) is 0 Å². The van der Waals surface area contributed by atoms with Gasteiger partial charge in [0.25, 0.3) is 0 Å². The zero-order valence-corrected chi connectivity index (χ0v) is 13.4. The number of hydrogen-bond donors (Lipinski definition) is 1. The van der Waals surface area contributed by atoms with Crippen molar-refractivity contribution in [1.82, 2.24) is 20.0 Å². The largest absolute Gasteiger partial charge is 0.315 e. The summed E-state index contributed by atoms with van der Waals surface area (Å²) in [7, 11) is 4.48. The molecule has 3 unspecified atom stereocenters. The number of nitrogens with zero attached hydrogens (tertiary/aromatic N) is 3. The third-order valence-electron chi connectivity index (χ3n) is 5.65. The molecule has 4 nitrogen and oxygen atoms in total. The number of nitrogens with one attached hydrogen (secondary N) is 1. The highest BCUT2D eigenvalue weighted by atomic mass is 15.3. The van der Waals surface area contributed by atoms with Gasteiger partial charge in [-0.1, -0.05) is 0 Å². The molecule has 0 aromatic carbocycles. The van der Waals surface area contributed by atoms with Crippen molar-refractivity contribution in [3.8, 4) is 0 Å². The highest BCUT2D eigenvalue weighted by molar-refractivity contribution is 4.90. The van der Waals surface area contributed by atoms with Crippen LogP contribution < -0.4 is 5.32 Å². The predicted octanol–water partition coefficient (Wildman–Crippen LogP) is 0.696. The topological polar surface area (TPSA) is 21.8 Å². The first kappa shape index (κ1) is 14.8. The van der Waals surface area contributed by atoms with Crippen LogP contribution in [-0.2, 0) is 0 Å². The third kappa shape index (κ3) is 3.35. The highest BCUT2D eigenvalue weighted by Gasteiger charge is 2.33. The van der Waals surface area contributed by atoms with Crippen molar-refractivity contribution in [2.75, 3.05) is 59.9 Å². The van der Waals surface area contributed by atoms with Gasteiger partial charge < -0.3 is 15.1 Å². The summed E-state index contributed by atoms with van der Waals surface area (Å²) in [5.74, 6) is 0.851. The van der Waals surface area contributed by atoms with Crippen LogP contribution in [0.3, 0.4) is 0 Å². The van der Waals surface area contributed by atoms with Gasteiger partial charge in [0.2, 0.25) is 0 Å². The second kappa shape index (κ2) is 6.73. The van der Waals surface area contributed by atoms with Gasteiger partial charge >= 0.3 is 0 Å². The van der Waals surface area contributed by atoms with Gasteiger partial charge in [0.15, 0.2) is 0 Å². The molecule has 4 heteroatoms. The average Bonchev–Trinajstić information content (AvgIpc) is 3.09. The van der Waals surface area contributed by atoms with Gasteiger partial charge in [0.1, 0.15) is 0 Å². The summed E-state index contributed by atoms with van der Waals surface area (Å²) < 4.78 is 0. The SMILES string of the molecule is CN(C)C1CNCCC1CN1CCC(N2CCCC2)C1. The van der Waals surface area contributed by atoms with Crippen LogP contribution >= 0.6 is 0 Å². The summed E-state index contributed by atoms with van der Waals surface area (Å²) >= 11 is 0. The predicted molar refractivity (Wildman–Crippen MR) is 84.1 cm³/mol. The lowest BCUT2D eigenvalue weighted by Gasteiger charge is -2.38. The Labute approximate surface area is 124 Å². The fraction of sp³-hybridized carbons (Fsp3) is 1.00. The smallest absolute Gasteiger partial charge is 0.0255 e. The highest BCUT2D eigenvalue weighted by Crippen LogP contribution is 2.24. The molecule has 0 aromatic rings. The van der Waals surface area contributed by atoms with Gasteiger partial charge in [-0.3, -0.25) is 4.90 Å². The van der Waals surface area contributed by atoms with Crippen molar-refractivity contribution in [2.24, 2.45) is 5.92 Å². The minimum absolute atomic E-state index is 0.717. The minimum atomic E-state index is 0.717. The van der Waals surface area contributed by atoms with Crippen LogP contribution in [0.25, 0.3) is 0 Å². The van der Waals surface area contributed by atoms with Crippen molar-refractivity contribution in [1.29, 1.82) is 0 Å². The Hall–Kier alpha value is -0.160. The Bertz CT molecular complexity index is 301. The fourth-order valence-electron chi connectivity index (χ4n) is 4.43. The van der Waals surface area contributed by atoms with E-state index in [0.717, 1.165) is 18.0 Å². The van der Waals surface area contributed by atoms with Gasteiger partial charge in [-0.05, 0) is 71.9 Å². The average molecular weight is 280 g/mol. The first-order chi connectivity index (χ1) is 9.74. The van der Waals surface area contributed by atoms with Crippen LogP contribution in [0.15, 0.2) is 0 Å². The van der Waals surface area contributed by atoms with Gasteiger partial charge in [-0.25, -0.2) is 0 Å². The Kier molecular flexibility index (Phi) is 4.97. The lowest BCUT2D eigenvalue weighted by atomic mass is 9.91. The molecule has 0 saturated carbocycles. The maximum absolute atomic E-state index is 3.56. The van der Waals surface area contributed by atoms with E-state index >= 15 is 0 Å². The van der Waals surface area contributed by atoms with Gasteiger partial charge in [0.05, 0.1) is 0 Å². The molecule has 3 saturated heterocycles. The van der Waals surface area contributed by atoms with Crippen molar-refractivity contribution >= 4 is 0 Å². The summed E-state index contributed by atoms with van der Waals surface area (Å²) in [5, 5.41) is 3.56. The minimum Gasteiger partial charge on any atom is -0.315 e. The number of piperidine rings is 1. The van der Waals surface area contributed by atoms with E-state index in [9.17, 15) is 0 Å². The second-order valence-electron chi connectivity index (χ2n) is 7.23. The first-order valence-corrected chi connectivity index (χ1v) is 8.57. The molecular formula is C16H32N4. The van der Waals surface area contributed by atoms with E-state index in [1.165, 1.54) is 71.5 Å². The maximum atomic E-state index is 3.56. The summed E-state index contributed by atoms with van der Waals surface area (Å²) in [6.07, 6.45) is 5.59. The van der Waals surface area contributed by atoms with Gasteiger partial charge in [0, 0.05) is 31.7 Å². The number of likely N-dealkylation sites (tertiary alicyclic amines) is 2. The van der Waals surface area contributed by atoms with Crippen LogP contribution in [0.1, 0.15) is 25.7 Å². The Morgan fingerprint density at radius 1 is 1.10 bits per heavy atom. The molecule has 3 aliphatic rings. The maximum Gasteiger partial charge on any atom is 0.0255 e. The third-order valence-corrected chi connectivity index (χ3v) is 5.65. The van der Waals surface area contributed by atoms with E-state index < -0.39 is 0 Å². The molecule has 3 rings (SSSR count). The zero-order chi connectivity index (χ0) is 13.9. The first-order valence-electron chi connectivity index (χ1n) is 8.57. The second-order valence-corrected chi connectivity index (χ2v) is 7.23. The van der Waals surface area contributed by atoms with Crippen LogP contribution in [0.5, 0.6) is 0 Å². The Morgan fingerprint density at radius 3 is 2.65 bits per heavy atom. The number of likely N-dealkylation sites (N-methyl/N-ethyl adjacent to an activating group) is 1. The molecule has 1 N–H and O–H groups in total. The van der Waals surface area contributed by atoms with E-state index in [4.69, 9.17) is 0 Å². The van der Waals surface area contributed by atoms with E-state index in [2.05, 4.69) is 34.1 Å². The van der Waals surface area contributed by atoms with Crippen LogP contribution in [0, 0.1) is 5.92 Å². The molecule has 0 amide bonds. The normalized spacial score (nSPS) is 37.0. The molecule has 3 heterocycles. The number of hydrogen-bond acceptors (Lipinski definition) is 4. The Balaban J connectivity index is 1.50. The zero-order valence-electron chi connectivity index (χ0n) is 13.4. The molecule has 3 aliphatic heterocycles. The molecule has 3 atom stereocenters. The summed E-state index contributed by atoms with van der Waals surface area (Å²) in [6.45, 7) is 9.04. The van der Waals surface area contributed by atoms with Crippen LogP contribution in [0.2, 0.25) is 0 Å². The monoisotopic (exact) mass is 280 g/mol. The molecule has 0 spiro atoms. The van der Waals surface area contributed by atoms with Crippen molar-refractivity contribution in [3.63, 3.8) is 0 Å². The quantitative estimate of drug-likeness (QED) is 0.818. The Morgan fingerprint density at radius 2 is 1.90 bits per heavy atom. The van der Waals surface area contributed by atoms with E-state index in [0.29, 0.717) is 0 Å². The standard InChI is InChI=1S/C16H32N4/c1-18(2)16-11-17-7-5-14(16)12-19-10-6-15(13-19)20-8-3-4-9-20/h14-17H,3-13H2,1-2H3. The summed E-state index contributed by atoms with van der Waals surface area (Å²) in [5.41, 5.74) is 0. The van der Waals surface area contributed by atoms with Crippen molar-refractivity contribution < 1.29 is 0 Å². The molecule has 20 heavy (non-hydrogen) atoms.